The lowest BCUT2D eigenvalue weighted by atomic mass is 9.91. The Balaban J connectivity index is 2.01. The van der Waals surface area contributed by atoms with Gasteiger partial charge in [-0.05, 0) is 45.3 Å². The molecule has 2 aliphatic heterocycles. The Morgan fingerprint density at radius 1 is 1.11 bits per heavy atom. The van der Waals surface area contributed by atoms with Gasteiger partial charge < -0.3 is 0 Å². The highest BCUT2D eigenvalue weighted by atomic mass is 32.2. The fourth-order valence-electron chi connectivity index (χ4n) is 3.61. The highest BCUT2D eigenvalue weighted by Crippen LogP contribution is 2.52. The number of hydrogen-bond acceptors (Lipinski definition) is 3. The Bertz CT molecular complexity index is 559. The van der Waals surface area contributed by atoms with Crippen LogP contribution in [0.4, 0.5) is 0 Å². The maximum Gasteiger partial charge on any atom is 0.165 e. The van der Waals surface area contributed by atoms with E-state index in [4.69, 9.17) is 0 Å². The van der Waals surface area contributed by atoms with E-state index in [2.05, 4.69) is 4.90 Å². The monoisotopic (exact) mass is 279 g/mol. The molecule has 2 unspecified atom stereocenters. The van der Waals surface area contributed by atoms with E-state index in [1.807, 2.05) is 44.2 Å². The minimum atomic E-state index is -3.08. The normalized spacial score (nSPS) is 32.9. The molecule has 0 aliphatic carbocycles. The first-order valence-electron chi connectivity index (χ1n) is 6.99. The van der Waals surface area contributed by atoms with Gasteiger partial charge in [0, 0.05) is 6.04 Å². The van der Waals surface area contributed by atoms with Crippen LogP contribution in [0.5, 0.6) is 0 Å². The minimum absolute atomic E-state index is 0.127. The van der Waals surface area contributed by atoms with Crippen LogP contribution in [-0.2, 0) is 9.84 Å². The molecule has 2 atom stereocenters. The predicted octanol–water partition coefficient (Wildman–Crippen LogP) is 2.40. The van der Waals surface area contributed by atoms with Crippen LogP contribution in [-0.4, -0.2) is 37.2 Å². The van der Waals surface area contributed by atoms with Gasteiger partial charge in [0.1, 0.15) is 5.25 Å². The van der Waals surface area contributed by atoms with Gasteiger partial charge in [0.15, 0.2) is 9.84 Å². The molecular weight excluding hydrogens is 258 g/mol. The molecule has 1 aromatic carbocycles. The number of rotatable bonds is 2. The van der Waals surface area contributed by atoms with Crippen molar-refractivity contribution < 1.29 is 8.42 Å². The largest absolute Gasteiger partial charge is 0.297 e. The summed E-state index contributed by atoms with van der Waals surface area (Å²) in [6.45, 7) is 5.83. The Kier molecular flexibility index (Phi) is 2.98. The summed E-state index contributed by atoms with van der Waals surface area (Å²) < 4.78 is 24.6. The van der Waals surface area contributed by atoms with Gasteiger partial charge in [0.25, 0.3) is 0 Å². The van der Waals surface area contributed by atoms with Crippen molar-refractivity contribution in [3.63, 3.8) is 0 Å². The molecule has 2 saturated heterocycles. The van der Waals surface area contributed by atoms with Crippen LogP contribution in [0.1, 0.15) is 37.5 Å². The molecule has 19 heavy (non-hydrogen) atoms. The Morgan fingerprint density at radius 2 is 1.68 bits per heavy atom. The fraction of sp³-hybridized carbons (Fsp3) is 0.600. The van der Waals surface area contributed by atoms with E-state index in [-0.39, 0.29) is 11.3 Å². The van der Waals surface area contributed by atoms with Gasteiger partial charge in [0.2, 0.25) is 0 Å². The SMILES string of the molecule is CC1(C)C(N2CCCC2)C(c2ccccc2)S1(=O)=O. The summed E-state index contributed by atoms with van der Waals surface area (Å²) in [5, 5.41) is -0.346. The predicted molar refractivity (Wildman–Crippen MR) is 76.8 cm³/mol. The fourth-order valence-corrected chi connectivity index (χ4v) is 6.03. The van der Waals surface area contributed by atoms with Crippen molar-refractivity contribution in [1.82, 2.24) is 4.90 Å². The lowest BCUT2D eigenvalue weighted by Crippen LogP contribution is -2.67. The van der Waals surface area contributed by atoms with Crippen molar-refractivity contribution in [3.05, 3.63) is 35.9 Å². The zero-order valence-corrected chi connectivity index (χ0v) is 12.4. The lowest BCUT2D eigenvalue weighted by molar-refractivity contribution is 0.165. The maximum atomic E-state index is 12.6. The maximum absolute atomic E-state index is 12.6. The molecule has 0 radical (unpaired) electrons. The van der Waals surface area contributed by atoms with Crippen molar-refractivity contribution >= 4 is 9.84 Å². The van der Waals surface area contributed by atoms with Crippen LogP contribution in [0, 0.1) is 0 Å². The highest BCUT2D eigenvalue weighted by Gasteiger charge is 2.64. The summed E-state index contributed by atoms with van der Waals surface area (Å²) in [5.41, 5.74) is 0.943. The number of hydrogen-bond donors (Lipinski definition) is 0. The van der Waals surface area contributed by atoms with Crippen LogP contribution in [0.2, 0.25) is 0 Å². The van der Waals surface area contributed by atoms with Gasteiger partial charge in [-0.2, -0.15) is 0 Å². The highest BCUT2D eigenvalue weighted by molar-refractivity contribution is 7.94. The standard InChI is InChI=1S/C15H21NO2S/c1-15(2)14(16-10-6-7-11-16)13(19(15,17)18)12-8-4-3-5-9-12/h3-5,8-9,13-14H,6-7,10-11H2,1-2H3. The van der Waals surface area contributed by atoms with Gasteiger partial charge in [-0.25, -0.2) is 8.42 Å². The second kappa shape index (κ2) is 4.32. The molecule has 0 amide bonds. The number of sulfone groups is 1. The molecule has 0 spiro atoms. The molecule has 0 N–H and O–H groups in total. The molecule has 4 heteroatoms. The van der Waals surface area contributed by atoms with Crippen molar-refractivity contribution in [2.75, 3.05) is 13.1 Å². The molecule has 2 aliphatic rings. The van der Waals surface area contributed by atoms with Crippen LogP contribution in [0.15, 0.2) is 30.3 Å². The molecule has 1 aromatic rings. The molecule has 0 aromatic heterocycles. The first-order chi connectivity index (χ1) is 8.96. The second-order valence-corrected chi connectivity index (χ2v) is 8.82. The number of nitrogens with zero attached hydrogens (tertiary/aromatic N) is 1. The Hall–Kier alpha value is -0.870. The van der Waals surface area contributed by atoms with Gasteiger partial charge >= 0.3 is 0 Å². The van der Waals surface area contributed by atoms with Crippen LogP contribution in [0.3, 0.4) is 0 Å². The number of likely N-dealkylation sites (tertiary alicyclic amines) is 1. The molecule has 2 fully saturated rings. The Labute approximate surface area is 115 Å². The minimum Gasteiger partial charge on any atom is -0.297 e. The Morgan fingerprint density at radius 3 is 2.26 bits per heavy atom. The summed E-state index contributed by atoms with van der Waals surface area (Å²) in [6, 6.07) is 9.81. The van der Waals surface area contributed by atoms with Gasteiger partial charge in [-0.1, -0.05) is 30.3 Å². The number of benzene rings is 1. The molecule has 2 heterocycles. The topological polar surface area (TPSA) is 37.4 Å². The first kappa shape index (κ1) is 13.1. The zero-order valence-electron chi connectivity index (χ0n) is 11.5. The van der Waals surface area contributed by atoms with E-state index in [1.165, 1.54) is 12.8 Å². The van der Waals surface area contributed by atoms with Crippen LogP contribution < -0.4 is 0 Å². The zero-order chi connectivity index (χ0) is 13.7. The third-order valence-corrected chi connectivity index (χ3v) is 7.64. The van der Waals surface area contributed by atoms with Gasteiger partial charge in [-0.3, -0.25) is 4.90 Å². The molecule has 0 bridgehead atoms. The second-order valence-electron chi connectivity index (χ2n) is 6.17. The van der Waals surface area contributed by atoms with Crippen LogP contribution >= 0.6 is 0 Å². The van der Waals surface area contributed by atoms with E-state index in [0.717, 1.165) is 18.7 Å². The van der Waals surface area contributed by atoms with Crippen molar-refractivity contribution in [3.8, 4) is 0 Å². The summed E-state index contributed by atoms with van der Waals surface area (Å²) in [4.78, 5) is 2.37. The average molecular weight is 279 g/mol. The van der Waals surface area contributed by atoms with E-state index in [9.17, 15) is 8.42 Å². The lowest BCUT2D eigenvalue weighted by Gasteiger charge is -2.54. The van der Waals surface area contributed by atoms with Crippen molar-refractivity contribution in [2.45, 2.75) is 42.7 Å². The molecule has 0 saturated carbocycles. The smallest absolute Gasteiger partial charge is 0.165 e. The van der Waals surface area contributed by atoms with Crippen molar-refractivity contribution in [1.29, 1.82) is 0 Å². The third-order valence-electron chi connectivity index (χ3n) is 4.73. The van der Waals surface area contributed by atoms with Gasteiger partial charge in [-0.15, -0.1) is 0 Å². The van der Waals surface area contributed by atoms with Crippen LogP contribution in [0.25, 0.3) is 0 Å². The average Bonchev–Trinajstić information content (AvgIpc) is 2.89. The summed E-state index contributed by atoms with van der Waals surface area (Å²) in [7, 11) is -3.08. The quantitative estimate of drug-likeness (QED) is 0.834. The molecule has 3 rings (SSSR count). The summed E-state index contributed by atoms with van der Waals surface area (Å²) >= 11 is 0. The van der Waals surface area contributed by atoms with E-state index >= 15 is 0 Å². The van der Waals surface area contributed by atoms with E-state index in [1.54, 1.807) is 0 Å². The molecular formula is C15H21NO2S. The summed E-state index contributed by atoms with van der Waals surface area (Å²) in [5.74, 6) is 0. The molecule has 3 nitrogen and oxygen atoms in total. The van der Waals surface area contributed by atoms with Crippen molar-refractivity contribution in [2.24, 2.45) is 0 Å². The third kappa shape index (κ3) is 1.77. The van der Waals surface area contributed by atoms with E-state index in [0.29, 0.717) is 0 Å². The van der Waals surface area contributed by atoms with Gasteiger partial charge in [0.05, 0.1) is 4.75 Å². The summed E-state index contributed by atoms with van der Waals surface area (Å²) in [6.07, 6.45) is 2.38. The van der Waals surface area contributed by atoms with E-state index < -0.39 is 14.6 Å². The molecule has 104 valence electrons. The first-order valence-corrected chi connectivity index (χ1v) is 8.53.